The molecule has 1 fully saturated rings. The van der Waals surface area contributed by atoms with E-state index < -0.39 is 0 Å². The van der Waals surface area contributed by atoms with Crippen LogP contribution in [0.3, 0.4) is 0 Å². The van der Waals surface area contributed by atoms with Crippen molar-refractivity contribution in [2.75, 3.05) is 5.32 Å². The monoisotopic (exact) mass is 263 g/mol. The van der Waals surface area contributed by atoms with Gasteiger partial charge in [0.15, 0.2) is 5.82 Å². The minimum atomic E-state index is 0.0143. The number of hydrogen-bond acceptors (Lipinski definition) is 3. The van der Waals surface area contributed by atoms with Crippen molar-refractivity contribution < 1.29 is 0 Å². The highest BCUT2D eigenvalue weighted by Crippen LogP contribution is 2.19. The maximum Gasteiger partial charge on any atom is 0.293 e. The van der Waals surface area contributed by atoms with Crippen LogP contribution in [0, 0.1) is 5.92 Å². The van der Waals surface area contributed by atoms with Crippen LogP contribution in [0.1, 0.15) is 52.4 Å². The number of aromatic nitrogens is 2. The van der Waals surface area contributed by atoms with Gasteiger partial charge in [-0.2, -0.15) is 0 Å². The molecule has 0 radical (unpaired) electrons. The molecule has 0 aromatic carbocycles. The fourth-order valence-electron chi connectivity index (χ4n) is 2.70. The zero-order valence-electron chi connectivity index (χ0n) is 12.1. The van der Waals surface area contributed by atoms with Crippen molar-refractivity contribution in [3.63, 3.8) is 0 Å². The van der Waals surface area contributed by atoms with Gasteiger partial charge in [0.2, 0.25) is 0 Å². The molecule has 0 unspecified atom stereocenters. The molecule has 1 aromatic heterocycles. The third-order valence-corrected chi connectivity index (χ3v) is 3.67. The molecular weight excluding hydrogens is 238 g/mol. The second kappa shape index (κ2) is 6.73. The van der Waals surface area contributed by atoms with Crippen LogP contribution in [-0.4, -0.2) is 15.6 Å². The molecular formula is C15H25N3O. The third-order valence-electron chi connectivity index (χ3n) is 3.67. The minimum absolute atomic E-state index is 0.0143. The smallest absolute Gasteiger partial charge is 0.293 e. The van der Waals surface area contributed by atoms with Gasteiger partial charge in [0.25, 0.3) is 5.56 Å². The van der Waals surface area contributed by atoms with Crippen molar-refractivity contribution in [2.24, 2.45) is 5.92 Å². The first-order chi connectivity index (χ1) is 9.16. The maximum absolute atomic E-state index is 12.3. The molecule has 1 aliphatic carbocycles. The molecule has 1 saturated carbocycles. The van der Waals surface area contributed by atoms with Crippen LogP contribution in [0.5, 0.6) is 0 Å². The third kappa shape index (κ3) is 4.08. The Bertz CT molecular complexity index is 445. The Morgan fingerprint density at radius 2 is 2.00 bits per heavy atom. The minimum Gasteiger partial charge on any atom is -0.363 e. The van der Waals surface area contributed by atoms with E-state index in [1.54, 1.807) is 17.0 Å². The van der Waals surface area contributed by atoms with Gasteiger partial charge in [-0.05, 0) is 18.8 Å². The Hall–Kier alpha value is -1.32. The number of rotatable bonds is 4. The summed E-state index contributed by atoms with van der Waals surface area (Å²) < 4.78 is 1.76. The van der Waals surface area contributed by atoms with Crippen LogP contribution in [-0.2, 0) is 6.54 Å². The fraction of sp³-hybridized carbons (Fsp3) is 0.733. The van der Waals surface area contributed by atoms with Crippen LogP contribution >= 0.6 is 0 Å². The van der Waals surface area contributed by atoms with E-state index in [4.69, 9.17) is 0 Å². The summed E-state index contributed by atoms with van der Waals surface area (Å²) in [6, 6.07) is 0.414. The molecule has 0 aliphatic heterocycles. The largest absolute Gasteiger partial charge is 0.363 e. The predicted molar refractivity (Wildman–Crippen MR) is 78.4 cm³/mol. The zero-order valence-corrected chi connectivity index (χ0v) is 12.1. The summed E-state index contributed by atoms with van der Waals surface area (Å²) in [7, 11) is 0. The van der Waals surface area contributed by atoms with Crippen molar-refractivity contribution in [3.05, 3.63) is 22.7 Å². The van der Waals surface area contributed by atoms with E-state index in [1.165, 1.54) is 25.7 Å². The molecule has 4 nitrogen and oxygen atoms in total. The van der Waals surface area contributed by atoms with Crippen LogP contribution < -0.4 is 10.9 Å². The van der Waals surface area contributed by atoms with Crippen molar-refractivity contribution in [3.8, 4) is 0 Å². The average Bonchev–Trinajstić information content (AvgIpc) is 2.62. The first kappa shape index (κ1) is 14.1. The lowest BCUT2D eigenvalue weighted by Crippen LogP contribution is -2.29. The Morgan fingerprint density at radius 3 is 2.63 bits per heavy atom. The molecule has 1 aromatic rings. The molecule has 0 amide bonds. The fourth-order valence-corrected chi connectivity index (χ4v) is 2.70. The predicted octanol–water partition coefficient (Wildman–Crippen LogP) is 3.03. The molecule has 106 valence electrons. The molecule has 0 spiro atoms. The van der Waals surface area contributed by atoms with Gasteiger partial charge in [-0.3, -0.25) is 4.79 Å². The van der Waals surface area contributed by atoms with Gasteiger partial charge in [-0.15, -0.1) is 0 Å². The molecule has 2 rings (SSSR count). The first-order valence-corrected chi connectivity index (χ1v) is 7.49. The normalized spacial score (nSPS) is 17.4. The van der Waals surface area contributed by atoms with Crippen LogP contribution in [0.4, 0.5) is 5.82 Å². The molecule has 1 N–H and O–H groups in total. The summed E-state index contributed by atoms with van der Waals surface area (Å²) in [5, 5.41) is 3.36. The number of nitrogens with zero attached hydrogens (tertiary/aromatic N) is 2. The highest BCUT2D eigenvalue weighted by atomic mass is 16.1. The molecule has 4 heteroatoms. The van der Waals surface area contributed by atoms with Crippen molar-refractivity contribution in [1.29, 1.82) is 0 Å². The van der Waals surface area contributed by atoms with Gasteiger partial charge >= 0.3 is 0 Å². The second-order valence-electron chi connectivity index (χ2n) is 5.96. The van der Waals surface area contributed by atoms with E-state index in [9.17, 15) is 4.79 Å². The van der Waals surface area contributed by atoms with E-state index in [2.05, 4.69) is 24.1 Å². The number of nitrogens with one attached hydrogen (secondary N) is 1. The van der Waals surface area contributed by atoms with Crippen molar-refractivity contribution in [2.45, 2.75) is 65.0 Å². The number of anilines is 1. The summed E-state index contributed by atoms with van der Waals surface area (Å²) >= 11 is 0. The topological polar surface area (TPSA) is 46.9 Å². The van der Waals surface area contributed by atoms with E-state index in [0.29, 0.717) is 17.8 Å². The lowest BCUT2D eigenvalue weighted by atomic mass is 10.1. The highest BCUT2D eigenvalue weighted by Gasteiger charge is 2.14. The standard InChI is InChI=1S/C15H25N3O/c1-12(2)11-18-10-9-16-14(15(18)19)17-13-7-5-3-4-6-8-13/h9-10,12-13H,3-8,11H2,1-2H3,(H,16,17). The second-order valence-corrected chi connectivity index (χ2v) is 5.96. The highest BCUT2D eigenvalue weighted by molar-refractivity contribution is 5.32. The summed E-state index contributed by atoms with van der Waals surface area (Å²) in [5.41, 5.74) is 0.0143. The van der Waals surface area contributed by atoms with Crippen molar-refractivity contribution >= 4 is 5.82 Å². The Labute approximate surface area is 115 Å². The quantitative estimate of drug-likeness (QED) is 0.849. The van der Waals surface area contributed by atoms with Crippen LogP contribution in [0.2, 0.25) is 0 Å². The molecule has 0 atom stereocenters. The Morgan fingerprint density at radius 1 is 1.32 bits per heavy atom. The van der Waals surface area contributed by atoms with E-state index in [0.717, 1.165) is 19.4 Å². The van der Waals surface area contributed by atoms with Gasteiger partial charge in [0.1, 0.15) is 0 Å². The van der Waals surface area contributed by atoms with Crippen LogP contribution in [0.25, 0.3) is 0 Å². The first-order valence-electron chi connectivity index (χ1n) is 7.49. The van der Waals surface area contributed by atoms with Gasteiger partial charge in [-0.25, -0.2) is 4.98 Å². The van der Waals surface area contributed by atoms with Gasteiger partial charge < -0.3 is 9.88 Å². The molecule has 1 aliphatic rings. The van der Waals surface area contributed by atoms with E-state index in [1.807, 2.05) is 0 Å². The van der Waals surface area contributed by atoms with Gasteiger partial charge in [0.05, 0.1) is 0 Å². The van der Waals surface area contributed by atoms with Crippen LogP contribution in [0.15, 0.2) is 17.2 Å². The molecule has 0 saturated heterocycles. The maximum atomic E-state index is 12.3. The molecule has 1 heterocycles. The van der Waals surface area contributed by atoms with Gasteiger partial charge in [0, 0.05) is 25.0 Å². The van der Waals surface area contributed by atoms with E-state index in [-0.39, 0.29) is 5.56 Å². The van der Waals surface area contributed by atoms with Crippen molar-refractivity contribution in [1.82, 2.24) is 9.55 Å². The lowest BCUT2D eigenvalue weighted by molar-refractivity contribution is 0.508. The SMILES string of the molecule is CC(C)Cn1ccnc(NC2CCCCCC2)c1=O. The number of hydrogen-bond donors (Lipinski definition) is 1. The van der Waals surface area contributed by atoms with E-state index >= 15 is 0 Å². The Balaban J connectivity index is 2.09. The summed E-state index contributed by atoms with van der Waals surface area (Å²) in [5.74, 6) is 0.987. The van der Waals surface area contributed by atoms with Gasteiger partial charge in [-0.1, -0.05) is 39.5 Å². The summed E-state index contributed by atoms with van der Waals surface area (Å²) in [6.07, 6.45) is 11.0. The summed E-state index contributed by atoms with van der Waals surface area (Å²) in [4.78, 5) is 16.5. The lowest BCUT2D eigenvalue weighted by Gasteiger charge is -2.17. The average molecular weight is 263 g/mol. The molecule has 19 heavy (non-hydrogen) atoms. The zero-order chi connectivity index (χ0) is 13.7. The summed E-state index contributed by atoms with van der Waals surface area (Å²) in [6.45, 7) is 4.98. The Kier molecular flexibility index (Phi) is 5.00. The molecule has 0 bridgehead atoms.